The van der Waals surface area contributed by atoms with Crippen LogP contribution in [-0.2, 0) is 19.0 Å². The summed E-state index contributed by atoms with van der Waals surface area (Å²) < 4.78 is 17.4. The summed E-state index contributed by atoms with van der Waals surface area (Å²) >= 11 is 6.53. The molecule has 5 heteroatoms. The summed E-state index contributed by atoms with van der Waals surface area (Å²) in [4.78, 5) is 12.4. The third-order valence-corrected chi connectivity index (χ3v) is 7.07. The Hall–Kier alpha value is -0.320. The van der Waals surface area contributed by atoms with Crippen molar-refractivity contribution < 1.29 is 19.0 Å². The highest BCUT2D eigenvalue weighted by Gasteiger charge is 2.34. The van der Waals surface area contributed by atoms with E-state index >= 15 is 0 Å². The number of esters is 1. The summed E-state index contributed by atoms with van der Waals surface area (Å²) in [5.74, 6) is -0.137. The Morgan fingerprint density at radius 1 is 0.800 bits per heavy atom. The second-order valence-corrected chi connectivity index (χ2v) is 9.77. The average Bonchev–Trinajstić information content (AvgIpc) is 2.77. The molecule has 30 heavy (non-hydrogen) atoms. The summed E-state index contributed by atoms with van der Waals surface area (Å²) in [6.45, 7) is 4.04. The molecule has 0 spiro atoms. The molecule has 0 aromatic carbocycles. The van der Waals surface area contributed by atoms with E-state index in [0.29, 0.717) is 32.3 Å². The van der Waals surface area contributed by atoms with Crippen LogP contribution in [0.4, 0.5) is 0 Å². The molecular formula is C25H45ClO4. The fraction of sp³-hybridized carbons (Fsp3) is 0.960. The van der Waals surface area contributed by atoms with Crippen LogP contribution in [0.25, 0.3) is 0 Å². The molecule has 2 rings (SSSR count). The molecule has 4 nitrogen and oxygen atoms in total. The van der Waals surface area contributed by atoms with Gasteiger partial charge in [-0.05, 0) is 38.5 Å². The summed E-state index contributed by atoms with van der Waals surface area (Å²) in [5, 5.41) is -0.117. The Morgan fingerprint density at radius 3 is 2.17 bits per heavy atom. The van der Waals surface area contributed by atoms with E-state index < -0.39 is 0 Å². The predicted octanol–water partition coefficient (Wildman–Crippen LogP) is 6.81. The van der Waals surface area contributed by atoms with Gasteiger partial charge >= 0.3 is 5.97 Å². The van der Waals surface area contributed by atoms with E-state index in [0.717, 1.165) is 25.7 Å². The van der Waals surface area contributed by atoms with Crippen molar-refractivity contribution in [3.05, 3.63) is 0 Å². The number of alkyl halides is 1. The van der Waals surface area contributed by atoms with Crippen LogP contribution in [0.5, 0.6) is 0 Å². The van der Waals surface area contributed by atoms with Crippen LogP contribution in [0, 0.1) is 5.92 Å². The van der Waals surface area contributed by atoms with Crippen molar-refractivity contribution in [2.45, 2.75) is 127 Å². The number of rotatable bonds is 15. The van der Waals surface area contributed by atoms with Gasteiger partial charge in [-0.25, -0.2) is 0 Å². The summed E-state index contributed by atoms with van der Waals surface area (Å²) in [6.07, 6.45) is 19.0. The standard InChI is InChI=1S/C25H45ClO4/c1-2-3-4-5-6-7-8-12-17-30-25(27)21-15-16-24(23(26)20-21)29-19-18-28-22-13-10-9-11-14-22/h21-24H,2-20H2,1H3. The average molecular weight is 445 g/mol. The van der Waals surface area contributed by atoms with Crippen molar-refractivity contribution in [3.8, 4) is 0 Å². The van der Waals surface area contributed by atoms with Crippen molar-refractivity contribution in [3.63, 3.8) is 0 Å². The van der Waals surface area contributed by atoms with Crippen molar-refractivity contribution in [2.75, 3.05) is 19.8 Å². The van der Waals surface area contributed by atoms with Gasteiger partial charge in [0.25, 0.3) is 0 Å². The van der Waals surface area contributed by atoms with Gasteiger partial charge in [-0.3, -0.25) is 4.79 Å². The molecule has 0 aliphatic heterocycles. The summed E-state index contributed by atoms with van der Waals surface area (Å²) in [7, 11) is 0. The number of halogens is 1. The second kappa shape index (κ2) is 16.3. The SMILES string of the molecule is CCCCCCCCCCOC(=O)C1CCC(OCCOC2CCCCC2)C(Cl)C1. The highest BCUT2D eigenvalue weighted by Crippen LogP contribution is 2.31. The predicted molar refractivity (Wildman–Crippen MR) is 123 cm³/mol. The van der Waals surface area contributed by atoms with Crippen molar-refractivity contribution >= 4 is 17.6 Å². The zero-order chi connectivity index (χ0) is 21.4. The number of hydrogen-bond donors (Lipinski definition) is 0. The third-order valence-electron chi connectivity index (χ3n) is 6.61. The van der Waals surface area contributed by atoms with E-state index in [1.807, 2.05) is 0 Å². The number of unbranched alkanes of at least 4 members (excludes halogenated alkanes) is 7. The lowest BCUT2D eigenvalue weighted by atomic mass is 9.87. The number of hydrogen-bond acceptors (Lipinski definition) is 4. The van der Waals surface area contributed by atoms with Gasteiger partial charge in [0.05, 0.1) is 43.3 Å². The smallest absolute Gasteiger partial charge is 0.308 e. The first-order valence-corrected chi connectivity index (χ1v) is 13.2. The minimum atomic E-state index is -0.117. The molecule has 0 radical (unpaired) electrons. The van der Waals surface area contributed by atoms with Crippen molar-refractivity contribution in [1.82, 2.24) is 0 Å². The van der Waals surface area contributed by atoms with Crippen molar-refractivity contribution in [1.29, 1.82) is 0 Å². The molecule has 0 saturated heterocycles. The molecule has 2 saturated carbocycles. The van der Waals surface area contributed by atoms with Crippen LogP contribution in [0.3, 0.4) is 0 Å². The van der Waals surface area contributed by atoms with E-state index in [4.69, 9.17) is 25.8 Å². The molecule has 0 aromatic heterocycles. The summed E-state index contributed by atoms with van der Waals surface area (Å²) in [6, 6.07) is 0. The largest absolute Gasteiger partial charge is 0.465 e. The zero-order valence-corrected chi connectivity index (χ0v) is 20.0. The topological polar surface area (TPSA) is 44.8 Å². The first-order valence-electron chi connectivity index (χ1n) is 12.7. The van der Waals surface area contributed by atoms with E-state index in [2.05, 4.69) is 6.92 Å². The monoisotopic (exact) mass is 444 g/mol. The maximum atomic E-state index is 12.4. The van der Waals surface area contributed by atoms with Gasteiger partial charge in [-0.15, -0.1) is 11.6 Å². The Morgan fingerprint density at radius 2 is 1.47 bits per heavy atom. The van der Waals surface area contributed by atoms with Crippen LogP contribution >= 0.6 is 11.6 Å². The van der Waals surface area contributed by atoms with Crippen LogP contribution in [0.1, 0.15) is 110 Å². The lowest BCUT2D eigenvalue weighted by molar-refractivity contribution is -0.150. The Bertz CT molecular complexity index is 439. The minimum absolute atomic E-state index is 0.0263. The molecule has 0 heterocycles. The van der Waals surface area contributed by atoms with E-state index in [1.165, 1.54) is 70.6 Å². The quantitative estimate of drug-likeness (QED) is 0.158. The first-order chi connectivity index (χ1) is 14.7. The minimum Gasteiger partial charge on any atom is -0.465 e. The summed E-state index contributed by atoms with van der Waals surface area (Å²) in [5.41, 5.74) is 0. The van der Waals surface area contributed by atoms with Gasteiger partial charge in [-0.2, -0.15) is 0 Å². The highest BCUT2D eigenvalue weighted by molar-refractivity contribution is 6.21. The third kappa shape index (κ3) is 10.8. The van der Waals surface area contributed by atoms with Gasteiger partial charge in [0.15, 0.2) is 0 Å². The zero-order valence-electron chi connectivity index (χ0n) is 19.3. The molecule has 3 atom stereocenters. The van der Waals surface area contributed by atoms with Crippen LogP contribution < -0.4 is 0 Å². The Balaban J connectivity index is 1.47. The highest BCUT2D eigenvalue weighted by atomic mass is 35.5. The van der Waals surface area contributed by atoms with Gasteiger partial charge < -0.3 is 14.2 Å². The molecule has 0 aromatic rings. The molecule has 0 amide bonds. The number of carbonyl (C=O) groups is 1. The van der Waals surface area contributed by atoms with E-state index in [-0.39, 0.29) is 23.4 Å². The normalized spacial score (nSPS) is 25.3. The maximum absolute atomic E-state index is 12.4. The molecule has 176 valence electrons. The van der Waals surface area contributed by atoms with Crippen LogP contribution in [0.2, 0.25) is 0 Å². The molecular weight excluding hydrogens is 400 g/mol. The molecule has 3 unspecified atom stereocenters. The molecule has 2 aliphatic rings. The fourth-order valence-corrected chi connectivity index (χ4v) is 5.08. The van der Waals surface area contributed by atoms with E-state index in [9.17, 15) is 4.79 Å². The second-order valence-electron chi connectivity index (χ2n) is 9.21. The van der Waals surface area contributed by atoms with E-state index in [1.54, 1.807) is 0 Å². The molecule has 0 N–H and O–H groups in total. The van der Waals surface area contributed by atoms with Gasteiger partial charge in [0.2, 0.25) is 0 Å². The van der Waals surface area contributed by atoms with Gasteiger partial charge in [0, 0.05) is 0 Å². The Labute approximate surface area is 189 Å². The molecule has 0 bridgehead atoms. The van der Waals surface area contributed by atoms with Gasteiger partial charge in [-0.1, -0.05) is 71.1 Å². The first kappa shape index (κ1) is 25.9. The lowest BCUT2D eigenvalue weighted by Gasteiger charge is -2.31. The molecule has 2 fully saturated rings. The van der Waals surface area contributed by atoms with Crippen LogP contribution in [-0.4, -0.2) is 43.4 Å². The maximum Gasteiger partial charge on any atom is 0.308 e. The van der Waals surface area contributed by atoms with Crippen LogP contribution in [0.15, 0.2) is 0 Å². The molecule has 2 aliphatic carbocycles. The lowest BCUT2D eigenvalue weighted by Crippen LogP contribution is -2.36. The van der Waals surface area contributed by atoms with Gasteiger partial charge in [0.1, 0.15) is 0 Å². The fourth-order valence-electron chi connectivity index (χ4n) is 4.66. The number of carbonyl (C=O) groups excluding carboxylic acids is 1. The Kier molecular flexibility index (Phi) is 14.1. The van der Waals surface area contributed by atoms with Crippen molar-refractivity contribution in [2.24, 2.45) is 5.92 Å². The number of ether oxygens (including phenoxy) is 3.